The van der Waals surface area contributed by atoms with E-state index >= 15 is 0 Å². The van der Waals surface area contributed by atoms with Gasteiger partial charge in [0.15, 0.2) is 0 Å². The van der Waals surface area contributed by atoms with Gasteiger partial charge in [0.25, 0.3) is 0 Å². The van der Waals surface area contributed by atoms with Gasteiger partial charge in [-0.25, -0.2) is 0 Å². The van der Waals surface area contributed by atoms with Crippen molar-refractivity contribution in [2.45, 2.75) is 0 Å². The predicted molar refractivity (Wildman–Crippen MR) is 205 cm³/mol. The van der Waals surface area contributed by atoms with Crippen molar-refractivity contribution in [2.24, 2.45) is 0 Å². The Morgan fingerprint density at radius 2 is 0.979 bits per heavy atom. The number of thiophene rings is 2. The molecule has 0 amide bonds. The standard InChI is InChI=1S/C44H24OS2/c1-3-13-29-27(11-1)40(25-20-21-32-36(24-25)45-35-22-23-39-43(42(32)35)33-15-6-8-19-38(33)46-39)28-12-2-4-14-30(28)41(29)34-17-9-16-31-26-10-5-7-18-37(26)47-44(31)34/h1-24H. The van der Waals surface area contributed by atoms with Gasteiger partial charge in [0.05, 0.1) is 0 Å². The highest BCUT2D eigenvalue weighted by atomic mass is 32.1. The van der Waals surface area contributed by atoms with Gasteiger partial charge in [-0.05, 0) is 74.6 Å². The Morgan fingerprint density at radius 3 is 1.72 bits per heavy atom. The van der Waals surface area contributed by atoms with Gasteiger partial charge in [0.1, 0.15) is 11.2 Å². The average Bonchev–Trinajstić information content (AvgIpc) is 3.81. The minimum Gasteiger partial charge on any atom is -0.456 e. The van der Waals surface area contributed by atoms with E-state index in [-0.39, 0.29) is 0 Å². The summed E-state index contributed by atoms with van der Waals surface area (Å²) in [6.07, 6.45) is 0. The molecule has 0 N–H and O–H groups in total. The fraction of sp³-hybridized carbons (Fsp3) is 0. The number of hydrogen-bond donors (Lipinski definition) is 0. The number of hydrogen-bond acceptors (Lipinski definition) is 3. The first-order chi connectivity index (χ1) is 23.3. The Kier molecular flexibility index (Phi) is 5.20. The summed E-state index contributed by atoms with van der Waals surface area (Å²) in [7, 11) is 0. The lowest BCUT2D eigenvalue weighted by Crippen LogP contribution is -1.91. The second-order valence-electron chi connectivity index (χ2n) is 12.3. The summed E-state index contributed by atoms with van der Waals surface area (Å²) in [5.74, 6) is 0. The van der Waals surface area contributed by atoms with Gasteiger partial charge < -0.3 is 4.42 Å². The molecule has 47 heavy (non-hydrogen) atoms. The van der Waals surface area contributed by atoms with Crippen LogP contribution in [0.3, 0.4) is 0 Å². The molecule has 0 aliphatic rings. The van der Waals surface area contributed by atoms with Crippen molar-refractivity contribution in [3.05, 3.63) is 146 Å². The average molecular weight is 633 g/mol. The fourth-order valence-corrected chi connectivity index (χ4v) is 10.2. The molecule has 11 rings (SSSR count). The zero-order valence-electron chi connectivity index (χ0n) is 25.1. The van der Waals surface area contributed by atoms with Crippen molar-refractivity contribution in [3.8, 4) is 22.3 Å². The highest BCUT2D eigenvalue weighted by Crippen LogP contribution is 2.49. The van der Waals surface area contributed by atoms with Crippen LogP contribution in [0.1, 0.15) is 0 Å². The molecule has 3 heteroatoms. The molecule has 11 aromatic rings. The summed E-state index contributed by atoms with van der Waals surface area (Å²) < 4.78 is 11.9. The van der Waals surface area contributed by atoms with Crippen molar-refractivity contribution in [3.63, 3.8) is 0 Å². The van der Waals surface area contributed by atoms with Gasteiger partial charge in [-0.15, -0.1) is 22.7 Å². The van der Waals surface area contributed by atoms with Crippen molar-refractivity contribution < 1.29 is 4.42 Å². The summed E-state index contributed by atoms with van der Waals surface area (Å²) >= 11 is 3.75. The van der Waals surface area contributed by atoms with Gasteiger partial charge in [0, 0.05) is 56.7 Å². The van der Waals surface area contributed by atoms with Gasteiger partial charge in [-0.1, -0.05) is 109 Å². The van der Waals surface area contributed by atoms with E-state index in [0.29, 0.717) is 0 Å². The van der Waals surface area contributed by atoms with Crippen LogP contribution >= 0.6 is 22.7 Å². The van der Waals surface area contributed by atoms with Crippen LogP contribution in [0.4, 0.5) is 0 Å². The monoisotopic (exact) mass is 632 g/mol. The van der Waals surface area contributed by atoms with Crippen molar-refractivity contribution in [1.82, 2.24) is 0 Å². The van der Waals surface area contributed by atoms with Gasteiger partial charge in [0.2, 0.25) is 0 Å². The van der Waals surface area contributed by atoms with E-state index in [1.54, 1.807) is 0 Å². The summed E-state index contributed by atoms with van der Waals surface area (Å²) in [4.78, 5) is 0. The molecule has 0 radical (unpaired) electrons. The molecule has 3 aromatic heterocycles. The van der Waals surface area contributed by atoms with Gasteiger partial charge >= 0.3 is 0 Å². The third kappa shape index (κ3) is 3.53. The highest BCUT2D eigenvalue weighted by molar-refractivity contribution is 7.26. The number of benzene rings is 8. The second-order valence-corrected chi connectivity index (χ2v) is 14.5. The minimum absolute atomic E-state index is 0.924. The molecular formula is C44H24OS2. The highest BCUT2D eigenvalue weighted by Gasteiger charge is 2.21. The van der Waals surface area contributed by atoms with Crippen LogP contribution < -0.4 is 0 Å². The van der Waals surface area contributed by atoms with E-state index in [1.165, 1.54) is 94.9 Å². The summed E-state index contributed by atoms with van der Waals surface area (Å²) in [5.41, 5.74) is 6.87. The maximum absolute atomic E-state index is 6.64. The third-order valence-electron chi connectivity index (χ3n) is 9.87. The largest absolute Gasteiger partial charge is 0.456 e. The molecule has 0 fully saturated rings. The molecule has 1 nitrogen and oxygen atoms in total. The lowest BCUT2D eigenvalue weighted by molar-refractivity contribution is 0.669. The lowest BCUT2D eigenvalue weighted by atomic mass is 9.85. The lowest BCUT2D eigenvalue weighted by Gasteiger charge is -2.18. The normalized spacial score (nSPS) is 12.3. The maximum atomic E-state index is 6.64. The van der Waals surface area contributed by atoms with Gasteiger partial charge in [-0.3, -0.25) is 0 Å². The molecule has 0 aliphatic carbocycles. The van der Waals surface area contributed by atoms with E-state index in [9.17, 15) is 0 Å². The van der Waals surface area contributed by atoms with Crippen molar-refractivity contribution in [2.75, 3.05) is 0 Å². The molecule has 0 spiro atoms. The molecule has 0 bridgehead atoms. The van der Waals surface area contributed by atoms with Crippen LogP contribution in [0.15, 0.2) is 150 Å². The molecular weight excluding hydrogens is 609 g/mol. The van der Waals surface area contributed by atoms with Crippen LogP contribution in [0.25, 0.3) is 106 Å². The molecule has 0 saturated carbocycles. The van der Waals surface area contributed by atoms with E-state index in [4.69, 9.17) is 4.42 Å². The number of fused-ring (bicyclic) bond motifs is 12. The maximum Gasteiger partial charge on any atom is 0.136 e. The molecule has 0 atom stereocenters. The number of rotatable bonds is 2. The van der Waals surface area contributed by atoms with Crippen LogP contribution in [0, 0.1) is 0 Å². The molecule has 0 aliphatic heterocycles. The fourth-order valence-electron chi connectivity index (χ4n) is 7.91. The van der Waals surface area contributed by atoms with Crippen LogP contribution in [0.5, 0.6) is 0 Å². The van der Waals surface area contributed by atoms with Crippen molar-refractivity contribution >= 4 is 107 Å². The smallest absolute Gasteiger partial charge is 0.136 e. The Hall–Kier alpha value is -5.48. The zero-order valence-corrected chi connectivity index (χ0v) is 26.7. The van der Waals surface area contributed by atoms with E-state index < -0.39 is 0 Å². The van der Waals surface area contributed by atoms with Crippen LogP contribution in [-0.2, 0) is 0 Å². The summed E-state index contributed by atoms with van der Waals surface area (Å²) in [6.45, 7) is 0. The Bertz CT molecular complexity index is 3020. The minimum atomic E-state index is 0.924. The third-order valence-corrected chi connectivity index (χ3v) is 12.2. The number of furan rings is 1. The summed E-state index contributed by atoms with van der Waals surface area (Å²) in [5, 5.41) is 12.7. The van der Waals surface area contributed by atoms with Crippen LogP contribution in [-0.4, -0.2) is 0 Å². The molecule has 3 heterocycles. The Labute approximate surface area is 277 Å². The van der Waals surface area contributed by atoms with E-state index in [1.807, 2.05) is 22.7 Å². The second kappa shape index (κ2) is 9.52. The quantitative estimate of drug-likeness (QED) is 0.173. The van der Waals surface area contributed by atoms with Crippen LogP contribution in [0.2, 0.25) is 0 Å². The first kappa shape index (κ1) is 25.7. The Balaban J connectivity index is 1.22. The van der Waals surface area contributed by atoms with E-state index in [0.717, 1.165) is 11.2 Å². The molecule has 218 valence electrons. The molecule has 0 saturated heterocycles. The first-order valence-electron chi connectivity index (χ1n) is 15.9. The topological polar surface area (TPSA) is 13.1 Å². The van der Waals surface area contributed by atoms with Crippen molar-refractivity contribution in [1.29, 1.82) is 0 Å². The van der Waals surface area contributed by atoms with Gasteiger partial charge in [-0.2, -0.15) is 0 Å². The SMILES string of the molecule is c1ccc2c(c1)sc1c(-c3c4ccccc4c(-c4ccc5c(c4)oc4ccc6sc7ccccc7c6c45)c4ccccc34)cccc12. The van der Waals surface area contributed by atoms with E-state index in [2.05, 4.69) is 146 Å². The molecule has 8 aromatic carbocycles. The predicted octanol–water partition coefficient (Wildman–Crippen LogP) is 14.0. The molecule has 0 unspecified atom stereocenters. The summed E-state index contributed by atoms with van der Waals surface area (Å²) in [6, 6.07) is 53.3. The zero-order chi connectivity index (χ0) is 30.6. The first-order valence-corrected chi connectivity index (χ1v) is 17.6. The Morgan fingerprint density at radius 1 is 0.362 bits per heavy atom.